The summed E-state index contributed by atoms with van der Waals surface area (Å²) >= 11 is 6.55. The minimum absolute atomic E-state index is 0. The molecule has 2 heteroatoms. The van der Waals surface area contributed by atoms with Gasteiger partial charge in [0.05, 0.1) is 4.87 Å². The van der Waals surface area contributed by atoms with Gasteiger partial charge in [-0.1, -0.05) is 42.0 Å². The van der Waals surface area contributed by atoms with Crippen LogP contribution in [0.15, 0.2) is 47.6 Å². The van der Waals surface area contributed by atoms with E-state index in [4.69, 9.17) is 11.6 Å². The molecule has 0 heterocycles. The Labute approximate surface area is 116 Å². The Kier molecular flexibility index (Phi) is 4.80. The van der Waals surface area contributed by atoms with Gasteiger partial charge in [0.2, 0.25) is 0 Å². The molecule has 15 heavy (non-hydrogen) atoms. The maximum atomic E-state index is 6.55. The van der Waals surface area contributed by atoms with Crippen molar-refractivity contribution in [1.29, 1.82) is 0 Å². The van der Waals surface area contributed by atoms with Crippen LogP contribution < -0.4 is 0 Å². The Bertz CT molecular complexity index is 346. The van der Waals surface area contributed by atoms with Crippen LogP contribution in [0, 0.1) is 0 Å². The quantitative estimate of drug-likeness (QED) is 0.687. The molecule has 0 aromatic rings. The third-order valence-corrected chi connectivity index (χ3v) is 3.22. The van der Waals surface area contributed by atoms with E-state index in [0.717, 1.165) is 19.3 Å². The summed E-state index contributed by atoms with van der Waals surface area (Å²) in [5.74, 6) is 0. The molecule has 0 aromatic heterocycles. The van der Waals surface area contributed by atoms with Crippen molar-refractivity contribution in [2.75, 3.05) is 0 Å². The minimum atomic E-state index is -0.193. The summed E-state index contributed by atoms with van der Waals surface area (Å²) in [7, 11) is 0. The molecule has 0 bridgehead atoms. The summed E-state index contributed by atoms with van der Waals surface area (Å²) in [6, 6.07) is 0. The van der Waals surface area contributed by atoms with Crippen molar-refractivity contribution < 1.29 is 26.2 Å². The summed E-state index contributed by atoms with van der Waals surface area (Å²) in [5, 5.41) is 0. The number of alkyl halides is 1. The van der Waals surface area contributed by atoms with Gasteiger partial charge in [-0.05, 0) is 31.8 Å². The molecule has 0 N–H and O–H groups in total. The van der Waals surface area contributed by atoms with Gasteiger partial charge in [-0.2, -0.15) is 0 Å². The van der Waals surface area contributed by atoms with Crippen LogP contribution >= 0.6 is 11.6 Å². The largest absolute Gasteiger partial charge is 0.114 e. The first kappa shape index (κ1) is 13.2. The van der Waals surface area contributed by atoms with Gasteiger partial charge in [0, 0.05) is 26.2 Å². The number of hydrogen-bond donors (Lipinski definition) is 0. The topological polar surface area (TPSA) is 0 Å². The maximum absolute atomic E-state index is 6.55. The number of halogens is 1. The molecular formula is C13H15ClZr. The van der Waals surface area contributed by atoms with Gasteiger partial charge in [-0.3, -0.25) is 0 Å². The van der Waals surface area contributed by atoms with E-state index in [1.54, 1.807) is 0 Å². The van der Waals surface area contributed by atoms with Gasteiger partial charge >= 0.3 is 0 Å². The molecule has 0 aromatic carbocycles. The number of rotatable bonds is 3. The van der Waals surface area contributed by atoms with Crippen LogP contribution in [0.25, 0.3) is 0 Å². The van der Waals surface area contributed by atoms with Crippen molar-refractivity contribution in [3.63, 3.8) is 0 Å². The van der Waals surface area contributed by atoms with E-state index >= 15 is 0 Å². The van der Waals surface area contributed by atoms with Gasteiger partial charge in [0.1, 0.15) is 0 Å². The molecule has 0 radical (unpaired) electrons. The zero-order chi connectivity index (χ0) is 10.0. The van der Waals surface area contributed by atoms with Crippen LogP contribution in [0.1, 0.15) is 26.2 Å². The molecular weight excluding hydrogens is 283 g/mol. The Balaban J connectivity index is 0.00000112. The zero-order valence-electron chi connectivity index (χ0n) is 8.96. The van der Waals surface area contributed by atoms with Gasteiger partial charge < -0.3 is 0 Å². The van der Waals surface area contributed by atoms with Crippen molar-refractivity contribution >= 4 is 11.6 Å². The zero-order valence-corrected chi connectivity index (χ0v) is 12.2. The second-order valence-electron chi connectivity index (χ2n) is 4.16. The second-order valence-corrected chi connectivity index (χ2v) is 4.99. The molecule has 0 nitrogen and oxygen atoms in total. The fourth-order valence-corrected chi connectivity index (χ4v) is 2.31. The molecule has 2 aliphatic carbocycles. The Morgan fingerprint density at radius 1 is 1.20 bits per heavy atom. The minimum Gasteiger partial charge on any atom is -0.114 e. The summed E-state index contributed by atoms with van der Waals surface area (Å²) in [4.78, 5) is -0.193. The van der Waals surface area contributed by atoms with E-state index in [0.29, 0.717) is 0 Å². The van der Waals surface area contributed by atoms with Crippen LogP contribution in [0.5, 0.6) is 0 Å². The first-order valence-corrected chi connectivity index (χ1v) is 5.46. The Morgan fingerprint density at radius 3 is 2.40 bits per heavy atom. The molecule has 2 aliphatic rings. The average Bonchev–Trinajstić information content (AvgIpc) is 2.71. The third-order valence-electron chi connectivity index (χ3n) is 2.85. The van der Waals surface area contributed by atoms with Crippen LogP contribution in [0.4, 0.5) is 0 Å². The second kappa shape index (κ2) is 5.46. The average molecular weight is 298 g/mol. The summed E-state index contributed by atoms with van der Waals surface area (Å²) in [5.41, 5.74) is 2.78. The smallest absolute Gasteiger partial charge is 0.0670 e. The van der Waals surface area contributed by atoms with E-state index in [2.05, 4.69) is 43.4 Å². The first-order chi connectivity index (χ1) is 6.68. The standard InChI is InChI=1S/C13H15Cl.Zr/c1-13(14,12-8-4-5-9-12)10-11-6-2-3-7-11;/h2-6,8H,7,9-10H2,1H3;. The molecule has 78 valence electrons. The van der Waals surface area contributed by atoms with Gasteiger partial charge in [0.25, 0.3) is 0 Å². The number of hydrogen-bond acceptors (Lipinski definition) is 0. The summed E-state index contributed by atoms with van der Waals surface area (Å²) in [6.45, 7) is 2.12. The summed E-state index contributed by atoms with van der Waals surface area (Å²) in [6.07, 6.45) is 15.9. The molecule has 0 fully saturated rings. The van der Waals surface area contributed by atoms with E-state index in [9.17, 15) is 0 Å². The molecule has 1 atom stereocenters. The normalized spacial score (nSPS) is 22.0. The molecule has 2 rings (SSSR count). The van der Waals surface area contributed by atoms with Crippen molar-refractivity contribution in [3.05, 3.63) is 47.6 Å². The van der Waals surface area contributed by atoms with Gasteiger partial charge in [0.15, 0.2) is 0 Å². The fourth-order valence-electron chi connectivity index (χ4n) is 2.00. The van der Waals surface area contributed by atoms with Crippen LogP contribution in [0.2, 0.25) is 0 Å². The molecule has 0 saturated heterocycles. The Morgan fingerprint density at radius 2 is 1.87 bits per heavy atom. The van der Waals surface area contributed by atoms with Crippen LogP contribution in [0.3, 0.4) is 0 Å². The van der Waals surface area contributed by atoms with Crippen LogP contribution in [-0.2, 0) is 26.2 Å². The fraction of sp³-hybridized carbons (Fsp3) is 0.385. The number of allylic oxidation sites excluding steroid dienone is 8. The SMILES string of the molecule is CC(Cl)(CC1=CC=CC1)C1=CC=CC1.[Zr]. The summed E-state index contributed by atoms with van der Waals surface area (Å²) < 4.78 is 0. The molecule has 0 spiro atoms. The molecule has 0 aliphatic heterocycles. The molecule has 1 unspecified atom stereocenters. The monoisotopic (exact) mass is 296 g/mol. The van der Waals surface area contributed by atoms with Gasteiger partial charge in [-0.25, -0.2) is 0 Å². The van der Waals surface area contributed by atoms with Crippen molar-refractivity contribution in [2.45, 2.75) is 31.1 Å². The first-order valence-electron chi connectivity index (χ1n) is 5.08. The molecule has 0 amide bonds. The van der Waals surface area contributed by atoms with E-state index < -0.39 is 0 Å². The van der Waals surface area contributed by atoms with Crippen LogP contribution in [-0.4, -0.2) is 4.87 Å². The van der Waals surface area contributed by atoms with E-state index in [1.165, 1.54) is 11.1 Å². The van der Waals surface area contributed by atoms with E-state index in [-0.39, 0.29) is 31.1 Å². The Hall–Kier alpha value is 0.133. The van der Waals surface area contributed by atoms with Gasteiger partial charge in [-0.15, -0.1) is 11.6 Å². The predicted octanol–water partition coefficient (Wildman–Crippen LogP) is 4.14. The van der Waals surface area contributed by atoms with Crippen molar-refractivity contribution in [3.8, 4) is 0 Å². The van der Waals surface area contributed by atoms with Crippen molar-refractivity contribution in [2.24, 2.45) is 0 Å². The molecule has 0 saturated carbocycles. The predicted molar refractivity (Wildman–Crippen MR) is 62.6 cm³/mol. The van der Waals surface area contributed by atoms with Crippen molar-refractivity contribution in [1.82, 2.24) is 0 Å². The maximum Gasteiger partial charge on any atom is 0.0670 e. The third kappa shape index (κ3) is 3.29. The van der Waals surface area contributed by atoms with E-state index in [1.807, 2.05) is 0 Å².